The fourth-order valence-corrected chi connectivity index (χ4v) is 5.22. The molecule has 7 rings (SSSR count). The molecule has 3 aromatic rings. The molecule has 7 nitrogen and oxygen atoms in total. The van der Waals surface area contributed by atoms with Crippen molar-refractivity contribution in [1.29, 1.82) is 0 Å². The van der Waals surface area contributed by atoms with Crippen LogP contribution in [0.1, 0.15) is 31.2 Å². The number of hydrogen-bond donors (Lipinski definition) is 1. The Bertz CT molecular complexity index is 1310. The molecule has 1 saturated heterocycles. The van der Waals surface area contributed by atoms with E-state index in [-0.39, 0.29) is 11.8 Å². The molecule has 3 fully saturated rings. The van der Waals surface area contributed by atoms with Gasteiger partial charge in [-0.05, 0) is 42.9 Å². The summed E-state index contributed by atoms with van der Waals surface area (Å²) in [5.41, 5.74) is 3.70. The van der Waals surface area contributed by atoms with Crippen LogP contribution in [0.5, 0.6) is 0 Å². The average Bonchev–Trinajstić information content (AvgIpc) is 3.72. The summed E-state index contributed by atoms with van der Waals surface area (Å²) in [6.45, 7) is 2.16. The van der Waals surface area contributed by atoms with Gasteiger partial charge in [-0.1, -0.05) is 36.4 Å². The smallest absolute Gasteiger partial charge is 0.256 e. The van der Waals surface area contributed by atoms with Crippen LogP contribution in [0.3, 0.4) is 0 Å². The van der Waals surface area contributed by atoms with Crippen LogP contribution in [0.25, 0.3) is 22.0 Å². The lowest BCUT2D eigenvalue weighted by atomic mass is 9.97. The topological polar surface area (TPSA) is 81.7 Å². The van der Waals surface area contributed by atoms with Crippen molar-refractivity contribution >= 4 is 28.6 Å². The number of fused-ring (bicyclic) bond motifs is 1. The second kappa shape index (κ2) is 6.76. The van der Waals surface area contributed by atoms with Crippen LogP contribution < -0.4 is 0 Å². The highest BCUT2D eigenvalue weighted by Gasteiger charge is 2.57. The van der Waals surface area contributed by atoms with Gasteiger partial charge in [-0.25, -0.2) is 0 Å². The summed E-state index contributed by atoms with van der Waals surface area (Å²) in [6, 6.07) is 14.5. The molecular weight excluding hydrogens is 414 g/mol. The number of aromatic nitrogens is 2. The quantitative estimate of drug-likeness (QED) is 0.663. The number of carbonyl (C=O) groups is 2. The van der Waals surface area contributed by atoms with Crippen molar-refractivity contribution in [2.45, 2.75) is 31.2 Å². The third-order valence-electron chi connectivity index (χ3n) is 7.52. The fraction of sp³-hybridized carbons (Fsp3) is 0.385. The minimum atomic E-state index is -0.524. The molecule has 2 aliphatic carbocycles. The van der Waals surface area contributed by atoms with E-state index in [1.54, 1.807) is 0 Å². The first kappa shape index (κ1) is 19.0. The number of benzene rings is 2. The maximum atomic E-state index is 13.2. The van der Waals surface area contributed by atoms with E-state index in [0.29, 0.717) is 18.4 Å². The van der Waals surface area contributed by atoms with E-state index in [1.165, 1.54) is 0 Å². The molecule has 0 radical (unpaired) electrons. The molecule has 0 unspecified atom stereocenters. The zero-order valence-corrected chi connectivity index (χ0v) is 18.3. The summed E-state index contributed by atoms with van der Waals surface area (Å²) in [4.78, 5) is 34.2. The SMILES string of the molecule is O=C(C1CC1)N1CC(CN2C(=O)C3(CC3)N=C2c2ccc(-c3cccc4[nH]ncc34)cc2)C1. The molecule has 3 heterocycles. The lowest BCUT2D eigenvalue weighted by molar-refractivity contribution is -0.139. The zero-order valence-electron chi connectivity index (χ0n) is 18.3. The number of carbonyl (C=O) groups excluding carboxylic acids is 2. The van der Waals surface area contributed by atoms with Crippen LogP contribution >= 0.6 is 0 Å². The number of rotatable bonds is 5. The normalized spacial score (nSPS) is 21.6. The van der Waals surface area contributed by atoms with E-state index < -0.39 is 5.54 Å². The highest BCUT2D eigenvalue weighted by molar-refractivity contribution is 6.16. The fourth-order valence-electron chi connectivity index (χ4n) is 5.22. The number of nitrogens with zero attached hydrogens (tertiary/aromatic N) is 4. The van der Waals surface area contributed by atoms with Crippen molar-refractivity contribution in [1.82, 2.24) is 20.0 Å². The molecule has 2 amide bonds. The Labute approximate surface area is 191 Å². The molecule has 7 heteroatoms. The Morgan fingerprint density at radius 2 is 1.82 bits per heavy atom. The maximum Gasteiger partial charge on any atom is 0.256 e. The lowest BCUT2D eigenvalue weighted by Crippen LogP contribution is -2.55. The van der Waals surface area contributed by atoms with Crippen LogP contribution in [-0.4, -0.2) is 62.8 Å². The third-order valence-corrected chi connectivity index (χ3v) is 7.52. The van der Waals surface area contributed by atoms with Crippen molar-refractivity contribution in [3.63, 3.8) is 0 Å². The average molecular weight is 440 g/mol. The second-order valence-electron chi connectivity index (χ2n) is 9.98. The van der Waals surface area contributed by atoms with Gasteiger partial charge >= 0.3 is 0 Å². The minimum absolute atomic E-state index is 0.136. The molecule has 2 saturated carbocycles. The first-order valence-electron chi connectivity index (χ1n) is 11.8. The molecule has 33 heavy (non-hydrogen) atoms. The van der Waals surface area contributed by atoms with Crippen molar-refractivity contribution in [3.8, 4) is 11.1 Å². The summed E-state index contributed by atoms with van der Waals surface area (Å²) >= 11 is 0. The summed E-state index contributed by atoms with van der Waals surface area (Å²) in [6.07, 6.45) is 5.60. The highest BCUT2D eigenvalue weighted by atomic mass is 16.2. The summed E-state index contributed by atoms with van der Waals surface area (Å²) in [5, 5.41) is 8.28. The van der Waals surface area contributed by atoms with E-state index >= 15 is 0 Å². The van der Waals surface area contributed by atoms with Crippen LogP contribution in [0.2, 0.25) is 0 Å². The summed E-state index contributed by atoms with van der Waals surface area (Å²) in [5.74, 6) is 1.82. The van der Waals surface area contributed by atoms with Crippen LogP contribution in [0.15, 0.2) is 53.7 Å². The molecule has 2 aromatic carbocycles. The Morgan fingerprint density at radius 3 is 2.55 bits per heavy atom. The van der Waals surface area contributed by atoms with Crippen molar-refractivity contribution in [2.24, 2.45) is 16.8 Å². The number of amides is 2. The molecule has 4 aliphatic rings. The van der Waals surface area contributed by atoms with Crippen LogP contribution in [-0.2, 0) is 9.59 Å². The van der Waals surface area contributed by atoms with Gasteiger partial charge in [-0.2, -0.15) is 5.10 Å². The van der Waals surface area contributed by atoms with Gasteiger partial charge in [0, 0.05) is 42.4 Å². The lowest BCUT2D eigenvalue weighted by Gasteiger charge is -2.41. The molecule has 1 N–H and O–H groups in total. The molecule has 0 bridgehead atoms. The Morgan fingerprint density at radius 1 is 1.06 bits per heavy atom. The summed E-state index contributed by atoms with van der Waals surface area (Å²) in [7, 11) is 0. The Kier molecular flexibility index (Phi) is 3.90. The van der Waals surface area contributed by atoms with Gasteiger partial charge in [-0.3, -0.25) is 24.6 Å². The number of aliphatic imine (C=N–C) groups is 1. The zero-order chi connectivity index (χ0) is 22.2. The van der Waals surface area contributed by atoms with Gasteiger partial charge in [0.25, 0.3) is 5.91 Å². The monoisotopic (exact) mass is 439 g/mol. The second-order valence-corrected chi connectivity index (χ2v) is 9.98. The van der Waals surface area contributed by atoms with Gasteiger partial charge in [0.2, 0.25) is 5.91 Å². The minimum Gasteiger partial charge on any atom is -0.342 e. The molecule has 1 aromatic heterocycles. The largest absolute Gasteiger partial charge is 0.342 e. The Hall–Kier alpha value is -3.48. The van der Waals surface area contributed by atoms with E-state index in [4.69, 9.17) is 4.99 Å². The van der Waals surface area contributed by atoms with Gasteiger partial charge in [-0.15, -0.1) is 0 Å². The highest BCUT2D eigenvalue weighted by Crippen LogP contribution is 2.46. The van der Waals surface area contributed by atoms with Crippen molar-refractivity contribution < 1.29 is 9.59 Å². The number of aromatic amines is 1. The molecule has 1 spiro atoms. The van der Waals surface area contributed by atoms with E-state index in [0.717, 1.165) is 72.2 Å². The number of amidine groups is 1. The maximum absolute atomic E-state index is 13.2. The van der Waals surface area contributed by atoms with Gasteiger partial charge in [0.15, 0.2) is 0 Å². The van der Waals surface area contributed by atoms with Crippen molar-refractivity contribution in [3.05, 3.63) is 54.2 Å². The number of nitrogens with one attached hydrogen (secondary N) is 1. The number of H-pyrrole nitrogens is 1. The summed E-state index contributed by atoms with van der Waals surface area (Å²) < 4.78 is 0. The van der Waals surface area contributed by atoms with Gasteiger partial charge in [0.1, 0.15) is 11.4 Å². The first-order valence-corrected chi connectivity index (χ1v) is 11.8. The van der Waals surface area contributed by atoms with Gasteiger partial charge in [0.05, 0.1) is 11.7 Å². The third kappa shape index (κ3) is 3.02. The number of hydrogen-bond acceptors (Lipinski definition) is 4. The van der Waals surface area contributed by atoms with Crippen LogP contribution in [0.4, 0.5) is 0 Å². The molecule has 166 valence electrons. The van der Waals surface area contributed by atoms with E-state index in [9.17, 15) is 9.59 Å². The predicted molar refractivity (Wildman–Crippen MR) is 125 cm³/mol. The van der Waals surface area contributed by atoms with Crippen molar-refractivity contribution in [2.75, 3.05) is 19.6 Å². The van der Waals surface area contributed by atoms with Crippen LogP contribution in [0, 0.1) is 11.8 Å². The molecule has 0 atom stereocenters. The first-order chi connectivity index (χ1) is 16.1. The molecule has 2 aliphatic heterocycles. The van der Waals surface area contributed by atoms with E-state index in [1.807, 2.05) is 28.1 Å². The van der Waals surface area contributed by atoms with Gasteiger partial charge < -0.3 is 4.90 Å². The number of likely N-dealkylation sites (tertiary alicyclic amines) is 1. The Balaban J connectivity index is 1.13. The predicted octanol–water partition coefficient (Wildman–Crippen LogP) is 3.22. The standard InChI is InChI=1S/C26H25N5O2/c32-24(19-8-9-19)30-13-16(14-30)15-31-23(28-26(10-11-26)25(31)33)18-6-4-17(5-7-18)20-2-1-3-22-21(20)12-27-29-22/h1-7,12,16,19H,8-11,13-15H2,(H,27,29). The van der Waals surface area contributed by atoms with E-state index in [2.05, 4.69) is 40.5 Å². The molecular formula is C26H25N5O2.